The fourth-order valence-electron chi connectivity index (χ4n) is 6.73. The second-order valence-electron chi connectivity index (χ2n) is 10.1. The first-order chi connectivity index (χ1) is 13.0. The van der Waals surface area contributed by atoms with Crippen molar-refractivity contribution in [3.05, 3.63) is 24.8 Å². The minimum Gasteiger partial charge on any atom is -0.461 e. The number of allylic oxidation sites excluding steroid dienone is 1. The van der Waals surface area contributed by atoms with Gasteiger partial charge in [-0.1, -0.05) is 47.3 Å². The summed E-state index contributed by atoms with van der Waals surface area (Å²) in [7, 11) is 0. The summed E-state index contributed by atoms with van der Waals surface area (Å²) in [4.78, 5) is 25.6. The maximum Gasteiger partial charge on any atom is 0.305 e. The summed E-state index contributed by atoms with van der Waals surface area (Å²) in [5.41, 5.74) is -0.758. The van der Waals surface area contributed by atoms with Gasteiger partial charge in [0.1, 0.15) is 6.10 Å². The highest BCUT2D eigenvalue weighted by Gasteiger charge is 2.68. The lowest BCUT2D eigenvalue weighted by Crippen LogP contribution is -2.62. The molecule has 156 valence electrons. The maximum atomic E-state index is 13.3. The first-order valence-electron chi connectivity index (χ1n) is 10.7. The van der Waals surface area contributed by atoms with Crippen molar-refractivity contribution in [3.8, 4) is 0 Å². The van der Waals surface area contributed by atoms with Gasteiger partial charge in [0.25, 0.3) is 0 Å². The average molecular weight is 389 g/mol. The molecular weight excluding hydrogens is 352 g/mol. The van der Waals surface area contributed by atoms with Crippen molar-refractivity contribution >= 4 is 11.8 Å². The molecule has 3 aliphatic rings. The van der Waals surface area contributed by atoms with Crippen LogP contribution in [-0.4, -0.2) is 29.1 Å². The first kappa shape index (κ1) is 21.3. The Morgan fingerprint density at radius 2 is 2.00 bits per heavy atom. The zero-order valence-corrected chi connectivity index (χ0v) is 18.1. The summed E-state index contributed by atoms with van der Waals surface area (Å²) in [6, 6.07) is 0. The highest BCUT2D eigenvalue weighted by molar-refractivity contribution is 6.00. The van der Waals surface area contributed by atoms with Crippen LogP contribution in [-0.2, 0) is 14.3 Å². The van der Waals surface area contributed by atoms with Crippen LogP contribution in [0.1, 0.15) is 66.7 Å². The number of hydrogen-bond acceptors (Lipinski definition) is 4. The highest BCUT2D eigenvalue weighted by atomic mass is 16.5. The molecule has 3 aliphatic carbocycles. The van der Waals surface area contributed by atoms with E-state index in [1.165, 1.54) is 0 Å². The zero-order valence-electron chi connectivity index (χ0n) is 18.1. The molecule has 0 aromatic carbocycles. The molecule has 1 N–H and O–H groups in total. The molecule has 3 saturated carbocycles. The molecule has 0 amide bonds. The molecule has 3 fully saturated rings. The van der Waals surface area contributed by atoms with Crippen molar-refractivity contribution in [2.45, 2.75) is 78.9 Å². The third kappa shape index (κ3) is 2.67. The predicted molar refractivity (Wildman–Crippen MR) is 109 cm³/mol. The van der Waals surface area contributed by atoms with Crippen molar-refractivity contribution in [1.82, 2.24) is 0 Å². The van der Waals surface area contributed by atoms with E-state index in [9.17, 15) is 14.7 Å². The zero-order chi connectivity index (χ0) is 21.1. The molecule has 0 heterocycles. The van der Waals surface area contributed by atoms with E-state index in [-0.39, 0.29) is 34.9 Å². The summed E-state index contributed by atoms with van der Waals surface area (Å²) in [5, 5.41) is 11.5. The lowest BCUT2D eigenvalue weighted by Gasteiger charge is -2.61. The smallest absolute Gasteiger partial charge is 0.305 e. The van der Waals surface area contributed by atoms with Crippen molar-refractivity contribution in [1.29, 1.82) is 0 Å². The molecule has 28 heavy (non-hydrogen) atoms. The molecule has 0 aliphatic heterocycles. The van der Waals surface area contributed by atoms with E-state index in [0.717, 1.165) is 12.8 Å². The van der Waals surface area contributed by atoms with Crippen LogP contribution in [0.25, 0.3) is 0 Å². The van der Waals surface area contributed by atoms with Gasteiger partial charge in [-0.05, 0) is 42.6 Å². The van der Waals surface area contributed by atoms with Gasteiger partial charge < -0.3 is 9.84 Å². The van der Waals surface area contributed by atoms with Crippen molar-refractivity contribution in [3.63, 3.8) is 0 Å². The van der Waals surface area contributed by atoms with Crippen LogP contribution in [0, 0.1) is 34.0 Å². The molecule has 2 bridgehead atoms. The first-order valence-corrected chi connectivity index (χ1v) is 10.7. The van der Waals surface area contributed by atoms with E-state index in [4.69, 9.17) is 4.74 Å². The molecule has 4 heteroatoms. The summed E-state index contributed by atoms with van der Waals surface area (Å²) in [6.45, 7) is 18.3. The Morgan fingerprint density at radius 3 is 2.57 bits per heavy atom. The number of carbonyl (C=O) groups excluding carboxylic acids is 2. The topological polar surface area (TPSA) is 63.6 Å². The molecule has 8 atom stereocenters. The van der Waals surface area contributed by atoms with Crippen LogP contribution in [0.3, 0.4) is 0 Å². The largest absolute Gasteiger partial charge is 0.461 e. The summed E-state index contributed by atoms with van der Waals surface area (Å²) in [6.07, 6.45) is 3.93. The Labute approximate surface area is 169 Å². The fraction of sp³-hybridized carbons (Fsp3) is 0.750. The molecule has 0 radical (unpaired) electrons. The lowest BCUT2D eigenvalue weighted by molar-refractivity contribution is -0.203. The van der Waals surface area contributed by atoms with Crippen LogP contribution in [0.4, 0.5) is 0 Å². The quantitative estimate of drug-likeness (QED) is 0.440. The van der Waals surface area contributed by atoms with Crippen molar-refractivity contribution < 1.29 is 19.4 Å². The number of esters is 1. The van der Waals surface area contributed by atoms with Gasteiger partial charge in [0.05, 0.1) is 6.10 Å². The number of carbonyl (C=O) groups is 2. The summed E-state index contributed by atoms with van der Waals surface area (Å²) in [5.74, 6) is -0.228. The normalized spacial score (nSPS) is 48.4. The molecule has 0 saturated heterocycles. The number of Topliss-reactive ketones (excluding diaryl/α,β-unsaturated/α-hetero) is 1. The minimum atomic E-state index is -0.680. The Bertz CT molecular complexity index is 711. The van der Waals surface area contributed by atoms with Crippen LogP contribution < -0.4 is 0 Å². The standard InChI is InChI=1S/C24H36O4/c1-8-18(26)28-21-16(5)24-11-10-15(4)23(7,17(25)13-22(21,6)9-2)20(24)19(27)14(3)12-24/h9,15-17,20-21,25H,2-3,8,10-13H2,1,4-7H3/t15-,16+,17-,20+,21+,22-,23+,24+/m1/s1. The van der Waals surface area contributed by atoms with E-state index >= 15 is 0 Å². The maximum absolute atomic E-state index is 13.3. The molecule has 0 spiro atoms. The molecule has 0 aromatic heterocycles. The third-order valence-corrected chi connectivity index (χ3v) is 8.83. The Hall–Kier alpha value is -1.42. The fourth-order valence-corrected chi connectivity index (χ4v) is 6.73. The van der Waals surface area contributed by atoms with Crippen LogP contribution in [0.2, 0.25) is 0 Å². The average Bonchev–Trinajstić information content (AvgIpc) is 2.93. The van der Waals surface area contributed by atoms with Gasteiger partial charge in [-0.3, -0.25) is 9.59 Å². The molecule has 4 nitrogen and oxygen atoms in total. The van der Waals surface area contributed by atoms with Gasteiger partial charge in [0, 0.05) is 29.1 Å². The van der Waals surface area contributed by atoms with E-state index in [2.05, 4.69) is 33.9 Å². The van der Waals surface area contributed by atoms with Gasteiger partial charge in [0.2, 0.25) is 0 Å². The third-order valence-electron chi connectivity index (χ3n) is 8.83. The SMILES string of the molecule is C=C[C@]1(C)C[C@@H](O)[C@]2(C)[C@H](C)CC[C@]3(CC(=C)C(=O)[C@H]32)[C@@H](C)[C@@H]1OC(=O)CC. The highest BCUT2D eigenvalue weighted by Crippen LogP contribution is 2.68. The second kappa shape index (κ2) is 6.83. The summed E-state index contributed by atoms with van der Waals surface area (Å²) < 4.78 is 6.01. The Morgan fingerprint density at radius 1 is 1.36 bits per heavy atom. The van der Waals surface area contributed by atoms with Crippen LogP contribution >= 0.6 is 0 Å². The van der Waals surface area contributed by atoms with E-state index in [1.807, 2.05) is 13.0 Å². The monoisotopic (exact) mass is 388 g/mol. The number of aliphatic hydroxyl groups excluding tert-OH is 1. The molecule has 3 rings (SSSR count). The summed E-state index contributed by atoms with van der Waals surface area (Å²) >= 11 is 0. The number of aliphatic hydroxyl groups is 1. The number of rotatable bonds is 3. The second-order valence-corrected chi connectivity index (χ2v) is 10.1. The van der Waals surface area contributed by atoms with Gasteiger partial charge in [0.15, 0.2) is 5.78 Å². The molecule has 0 unspecified atom stereocenters. The predicted octanol–water partition coefficient (Wildman–Crippen LogP) is 4.47. The van der Waals surface area contributed by atoms with Gasteiger partial charge >= 0.3 is 5.97 Å². The van der Waals surface area contributed by atoms with Crippen molar-refractivity contribution in [2.24, 2.45) is 34.0 Å². The molecular formula is C24H36O4. The van der Waals surface area contributed by atoms with Gasteiger partial charge in [-0.15, -0.1) is 6.58 Å². The Balaban J connectivity index is 2.23. The van der Waals surface area contributed by atoms with Gasteiger partial charge in [-0.2, -0.15) is 0 Å². The van der Waals surface area contributed by atoms with Gasteiger partial charge in [-0.25, -0.2) is 0 Å². The number of ketones is 1. The lowest BCUT2D eigenvalue weighted by atomic mass is 9.44. The van der Waals surface area contributed by atoms with E-state index in [0.29, 0.717) is 24.8 Å². The van der Waals surface area contributed by atoms with Crippen LogP contribution in [0.5, 0.6) is 0 Å². The Kier molecular flexibility index (Phi) is 5.19. The van der Waals surface area contributed by atoms with E-state index < -0.39 is 23.0 Å². The number of ether oxygens (including phenoxy) is 1. The molecule has 0 aromatic rings. The van der Waals surface area contributed by atoms with Crippen molar-refractivity contribution in [2.75, 3.05) is 0 Å². The minimum absolute atomic E-state index is 0.0291. The van der Waals surface area contributed by atoms with Crippen LogP contribution in [0.15, 0.2) is 24.8 Å². The van der Waals surface area contributed by atoms with E-state index in [1.54, 1.807) is 6.92 Å². The number of hydrogen-bond donors (Lipinski definition) is 1.